The number of carbonyl (C=O) groups is 1. The van der Waals surface area contributed by atoms with Crippen molar-refractivity contribution in [1.82, 2.24) is 5.32 Å². The van der Waals surface area contributed by atoms with Crippen LogP contribution in [-0.2, 0) is 4.79 Å². The summed E-state index contributed by atoms with van der Waals surface area (Å²) in [5.41, 5.74) is 3.10. The van der Waals surface area contributed by atoms with E-state index in [0.29, 0.717) is 11.3 Å². The Morgan fingerprint density at radius 1 is 1.12 bits per heavy atom. The molecule has 2 atom stereocenters. The maximum Gasteiger partial charge on any atom is 0.241 e. The maximum absolute atomic E-state index is 13.6. The molecule has 0 aliphatic carbocycles. The third-order valence-corrected chi connectivity index (χ3v) is 4.18. The van der Waals surface area contributed by atoms with E-state index in [1.807, 2.05) is 32.0 Å². The monoisotopic (exact) mass is 344 g/mol. The first-order valence-electron chi connectivity index (χ1n) is 8.29. The van der Waals surface area contributed by atoms with Crippen LogP contribution in [0.25, 0.3) is 0 Å². The molecule has 4 nitrogen and oxygen atoms in total. The highest BCUT2D eigenvalue weighted by atomic mass is 19.1. The lowest BCUT2D eigenvalue weighted by Crippen LogP contribution is -2.39. The summed E-state index contributed by atoms with van der Waals surface area (Å²) < 4.78 is 19.0. The van der Waals surface area contributed by atoms with Gasteiger partial charge in [-0.25, -0.2) is 4.39 Å². The number of methoxy groups -OCH3 is 1. The van der Waals surface area contributed by atoms with Gasteiger partial charge in [-0.2, -0.15) is 0 Å². The molecule has 0 fully saturated rings. The van der Waals surface area contributed by atoms with Crippen molar-refractivity contribution in [3.05, 3.63) is 58.9 Å². The number of ether oxygens (including phenoxy) is 1. The predicted molar refractivity (Wildman–Crippen MR) is 98.5 cm³/mol. The Balaban J connectivity index is 2.05. The van der Waals surface area contributed by atoms with Crippen molar-refractivity contribution in [3.8, 4) is 5.75 Å². The van der Waals surface area contributed by atoms with Crippen LogP contribution < -0.4 is 15.4 Å². The molecular weight excluding hydrogens is 319 g/mol. The average Bonchev–Trinajstić information content (AvgIpc) is 2.58. The fourth-order valence-electron chi connectivity index (χ4n) is 2.65. The first-order chi connectivity index (χ1) is 11.8. The Bertz CT molecular complexity index is 761. The molecule has 1 amide bonds. The Morgan fingerprint density at radius 3 is 2.48 bits per heavy atom. The SMILES string of the molecule is COc1ccc(C)cc1C(C)NC(C)C(=O)Nc1ccc(C)c(F)c1. The van der Waals surface area contributed by atoms with Crippen LogP contribution in [0.4, 0.5) is 10.1 Å². The van der Waals surface area contributed by atoms with Crippen molar-refractivity contribution in [1.29, 1.82) is 0 Å². The topological polar surface area (TPSA) is 50.4 Å². The molecule has 5 heteroatoms. The van der Waals surface area contributed by atoms with Crippen molar-refractivity contribution >= 4 is 11.6 Å². The highest BCUT2D eigenvalue weighted by Gasteiger charge is 2.19. The van der Waals surface area contributed by atoms with E-state index in [9.17, 15) is 9.18 Å². The van der Waals surface area contributed by atoms with E-state index in [-0.39, 0.29) is 17.8 Å². The summed E-state index contributed by atoms with van der Waals surface area (Å²) in [6.45, 7) is 7.45. The van der Waals surface area contributed by atoms with Gasteiger partial charge in [-0.1, -0.05) is 23.8 Å². The van der Waals surface area contributed by atoms with Crippen LogP contribution in [0.1, 0.15) is 36.6 Å². The predicted octanol–water partition coefficient (Wildman–Crippen LogP) is 4.13. The number of rotatable bonds is 6. The van der Waals surface area contributed by atoms with Gasteiger partial charge in [-0.05, 0) is 51.5 Å². The number of halogens is 1. The highest BCUT2D eigenvalue weighted by molar-refractivity contribution is 5.94. The molecule has 0 saturated heterocycles. The first kappa shape index (κ1) is 18.9. The van der Waals surface area contributed by atoms with Crippen LogP contribution in [0.5, 0.6) is 5.75 Å². The van der Waals surface area contributed by atoms with Gasteiger partial charge in [0.25, 0.3) is 0 Å². The lowest BCUT2D eigenvalue weighted by atomic mass is 10.0. The molecule has 0 aliphatic heterocycles. The normalized spacial score (nSPS) is 13.2. The van der Waals surface area contributed by atoms with Crippen molar-refractivity contribution in [2.75, 3.05) is 12.4 Å². The van der Waals surface area contributed by atoms with Crippen molar-refractivity contribution in [2.24, 2.45) is 0 Å². The van der Waals surface area contributed by atoms with E-state index in [0.717, 1.165) is 16.9 Å². The Morgan fingerprint density at radius 2 is 1.84 bits per heavy atom. The molecule has 2 aromatic carbocycles. The number of nitrogens with one attached hydrogen (secondary N) is 2. The molecule has 2 aromatic rings. The van der Waals surface area contributed by atoms with E-state index in [4.69, 9.17) is 4.74 Å². The van der Waals surface area contributed by atoms with Crippen LogP contribution >= 0.6 is 0 Å². The van der Waals surface area contributed by atoms with Gasteiger partial charge >= 0.3 is 0 Å². The maximum atomic E-state index is 13.6. The molecule has 0 radical (unpaired) electrons. The molecule has 0 aromatic heterocycles. The van der Waals surface area contributed by atoms with Crippen LogP contribution in [0.2, 0.25) is 0 Å². The van der Waals surface area contributed by atoms with E-state index < -0.39 is 6.04 Å². The molecular formula is C20H25FN2O2. The van der Waals surface area contributed by atoms with Crippen LogP contribution in [-0.4, -0.2) is 19.1 Å². The van der Waals surface area contributed by atoms with Crippen molar-refractivity contribution in [2.45, 2.75) is 39.8 Å². The van der Waals surface area contributed by atoms with Gasteiger partial charge in [-0.15, -0.1) is 0 Å². The van der Waals surface area contributed by atoms with Gasteiger partial charge in [0.05, 0.1) is 13.2 Å². The summed E-state index contributed by atoms with van der Waals surface area (Å²) >= 11 is 0. The number of aryl methyl sites for hydroxylation is 2. The van der Waals surface area contributed by atoms with Crippen molar-refractivity contribution in [3.63, 3.8) is 0 Å². The molecule has 0 aliphatic rings. The molecule has 2 rings (SSSR count). The first-order valence-corrected chi connectivity index (χ1v) is 8.29. The van der Waals surface area contributed by atoms with E-state index in [1.165, 1.54) is 6.07 Å². The van der Waals surface area contributed by atoms with E-state index >= 15 is 0 Å². The Labute approximate surface area is 148 Å². The zero-order valence-corrected chi connectivity index (χ0v) is 15.3. The molecule has 0 bridgehead atoms. The molecule has 25 heavy (non-hydrogen) atoms. The van der Waals surface area contributed by atoms with Crippen LogP contribution in [0, 0.1) is 19.7 Å². The zero-order chi connectivity index (χ0) is 18.6. The number of amides is 1. The number of hydrogen-bond donors (Lipinski definition) is 2. The van der Waals surface area contributed by atoms with Gasteiger partial charge in [0.15, 0.2) is 0 Å². The van der Waals surface area contributed by atoms with Crippen molar-refractivity contribution < 1.29 is 13.9 Å². The lowest BCUT2D eigenvalue weighted by molar-refractivity contribution is -0.117. The minimum Gasteiger partial charge on any atom is -0.496 e. The van der Waals surface area contributed by atoms with Crippen LogP contribution in [0.3, 0.4) is 0 Å². The molecule has 0 spiro atoms. The lowest BCUT2D eigenvalue weighted by Gasteiger charge is -2.22. The highest BCUT2D eigenvalue weighted by Crippen LogP contribution is 2.26. The van der Waals surface area contributed by atoms with Gasteiger partial charge < -0.3 is 10.1 Å². The fourth-order valence-corrected chi connectivity index (χ4v) is 2.65. The third kappa shape index (κ3) is 4.79. The zero-order valence-electron chi connectivity index (χ0n) is 15.3. The number of anilines is 1. The second-order valence-electron chi connectivity index (χ2n) is 6.31. The molecule has 0 heterocycles. The molecule has 2 N–H and O–H groups in total. The Hall–Kier alpha value is -2.40. The number of hydrogen-bond acceptors (Lipinski definition) is 3. The van der Waals surface area contributed by atoms with Gasteiger partial charge in [0.2, 0.25) is 5.91 Å². The van der Waals surface area contributed by atoms with Gasteiger partial charge in [-0.3, -0.25) is 10.1 Å². The third-order valence-electron chi connectivity index (χ3n) is 4.18. The second kappa shape index (κ2) is 8.12. The number of carbonyl (C=O) groups excluding carboxylic acids is 1. The summed E-state index contributed by atoms with van der Waals surface area (Å²) in [7, 11) is 1.63. The average molecular weight is 344 g/mol. The second-order valence-corrected chi connectivity index (χ2v) is 6.31. The van der Waals surface area contributed by atoms with E-state index in [1.54, 1.807) is 33.1 Å². The summed E-state index contributed by atoms with van der Waals surface area (Å²) in [6, 6.07) is 10.1. The fraction of sp³-hybridized carbons (Fsp3) is 0.350. The summed E-state index contributed by atoms with van der Waals surface area (Å²) in [6.07, 6.45) is 0. The Kier molecular flexibility index (Phi) is 6.15. The quantitative estimate of drug-likeness (QED) is 0.828. The standard InChI is InChI=1S/C20H25FN2O2/c1-12-6-9-19(25-5)17(10-12)14(3)22-15(4)20(24)23-16-8-7-13(2)18(21)11-16/h6-11,14-15,22H,1-5H3,(H,23,24). The molecule has 134 valence electrons. The van der Waals surface area contributed by atoms with Gasteiger partial charge in [0.1, 0.15) is 11.6 Å². The van der Waals surface area contributed by atoms with Gasteiger partial charge in [0, 0.05) is 17.3 Å². The molecule has 2 unspecified atom stereocenters. The van der Waals surface area contributed by atoms with E-state index in [2.05, 4.69) is 10.6 Å². The summed E-state index contributed by atoms with van der Waals surface area (Å²) in [5.74, 6) is 0.219. The minimum atomic E-state index is -0.454. The smallest absolute Gasteiger partial charge is 0.241 e. The number of benzene rings is 2. The summed E-state index contributed by atoms with van der Waals surface area (Å²) in [5, 5.41) is 5.99. The van der Waals surface area contributed by atoms with Crippen LogP contribution in [0.15, 0.2) is 36.4 Å². The summed E-state index contributed by atoms with van der Waals surface area (Å²) in [4.78, 5) is 12.4. The molecule has 0 saturated carbocycles. The minimum absolute atomic E-state index is 0.0784. The largest absolute Gasteiger partial charge is 0.496 e.